The molecular formula is C15H21NO3. The SMILES string of the molecule is COCCCCN1CCc2ccccc2C1C(=O)O. The van der Waals surface area contributed by atoms with Gasteiger partial charge in [-0.3, -0.25) is 9.69 Å². The minimum absolute atomic E-state index is 0.493. The van der Waals surface area contributed by atoms with E-state index >= 15 is 0 Å². The number of hydrogen-bond donors (Lipinski definition) is 1. The van der Waals surface area contributed by atoms with Gasteiger partial charge >= 0.3 is 5.97 Å². The number of nitrogens with zero attached hydrogens (tertiary/aromatic N) is 1. The first-order valence-corrected chi connectivity index (χ1v) is 6.77. The predicted octanol–water partition coefficient (Wildman–Crippen LogP) is 2.10. The van der Waals surface area contributed by atoms with E-state index in [9.17, 15) is 9.90 Å². The monoisotopic (exact) mass is 263 g/mol. The number of hydrogen-bond acceptors (Lipinski definition) is 3. The fourth-order valence-electron chi connectivity index (χ4n) is 2.71. The van der Waals surface area contributed by atoms with Crippen LogP contribution in [0, 0.1) is 0 Å². The number of carboxylic acid groups (broad SMARTS) is 1. The van der Waals surface area contributed by atoms with Gasteiger partial charge in [0.1, 0.15) is 6.04 Å². The molecule has 19 heavy (non-hydrogen) atoms. The molecular weight excluding hydrogens is 242 g/mol. The Hall–Kier alpha value is -1.39. The summed E-state index contributed by atoms with van der Waals surface area (Å²) in [4.78, 5) is 13.6. The molecule has 0 saturated heterocycles. The van der Waals surface area contributed by atoms with Crippen LogP contribution in [0.25, 0.3) is 0 Å². The molecule has 1 aromatic carbocycles. The van der Waals surface area contributed by atoms with Crippen molar-refractivity contribution in [1.82, 2.24) is 4.90 Å². The quantitative estimate of drug-likeness (QED) is 0.799. The van der Waals surface area contributed by atoms with E-state index in [1.165, 1.54) is 5.56 Å². The molecule has 0 spiro atoms. The van der Waals surface area contributed by atoms with Gasteiger partial charge in [0.15, 0.2) is 0 Å². The number of benzene rings is 1. The number of methoxy groups -OCH3 is 1. The third-order valence-corrected chi connectivity index (χ3v) is 3.66. The summed E-state index contributed by atoms with van der Waals surface area (Å²) in [7, 11) is 1.69. The molecule has 0 aliphatic carbocycles. The van der Waals surface area contributed by atoms with E-state index in [1.54, 1.807) is 7.11 Å². The highest BCUT2D eigenvalue weighted by Gasteiger charge is 2.31. The first kappa shape index (κ1) is 14.0. The second kappa shape index (κ2) is 6.68. The molecule has 2 rings (SSSR count). The number of rotatable bonds is 6. The summed E-state index contributed by atoms with van der Waals surface area (Å²) in [6, 6.07) is 7.38. The lowest BCUT2D eigenvalue weighted by Crippen LogP contribution is -2.40. The highest BCUT2D eigenvalue weighted by Crippen LogP contribution is 2.29. The van der Waals surface area contributed by atoms with Crippen LogP contribution in [0.1, 0.15) is 30.0 Å². The number of carbonyl (C=O) groups is 1. The average molecular weight is 263 g/mol. The molecule has 0 amide bonds. The lowest BCUT2D eigenvalue weighted by atomic mass is 9.92. The summed E-state index contributed by atoms with van der Waals surface area (Å²) in [6.07, 6.45) is 2.88. The van der Waals surface area contributed by atoms with Crippen LogP contribution in [0.3, 0.4) is 0 Å². The summed E-state index contributed by atoms with van der Waals surface area (Å²) in [5.74, 6) is -0.751. The molecule has 0 bridgehead atoms. The lowest BCUT2D eigenvalue weighted by molar-refractivity contribution is -0.144. The first-order valence-electron chi connectivity index (χ1n) is 6.77. The van der Waals surface area contributed by atoms with Crippen molar-refractivity contribution in [1.29, 1.82) is 0 Å². The summed E-state index contributed by atoms with van der Waals surface area (Å²) in [5, 5.41) is 9.49. The molecule has 0 aromatic heterocycles. The standard InChI is InChI=1S/C15H21NO3/c1-19-11-5-4-9-16-10-8-12-6-2-3-7-13(12)14(16)15(17)18/h2-3,6-7,14H,4-5,8-11H2,1H3,(H,17,18). The molecule has 0 fully saturated rings. The molecule has 4 heteroatoms. The van der Waals surface area contributed by atoms with Crippen LogP contribution in [0.4, 0.5) is 0 Å². The third kappa shape index (κ3) is 3.33. The molecule has 1 atom stereocenters. The molecule has 1 N–H and O–H groups in total. The van der Waals surface area contributed by atoms with E-state index in [1.807, 2.05) is 24.3 Å². The number of aliphatic carboxylic acids is 1. The lowest BCUT2D eigenvalue weighted by Gasteiger charge is -2.34. The van der Waals surface area contributed by atoms with Crippen LogP contribution in [-0.2, 0) is 16.0 Å². The summed E-state index contributed by atoms with van der Waals surface area (Å²) in [5.41, 5.74) is 2.12. The number of ether oxygens (including phenoxy) is 1. The highest BCUT2D eigenvalue weighted by atomic mass is 16.5. The topological polar surface area (TPSA) is 49.8 Å². The Morgan fingerprint density at radius 1 is 1.42 bits per heavy atom. The summed E-state index contributed by atoms with van der Waals surface area (Å²) in [6.45, 7) is 2.37. The van der Waals surface area contributed by atoms with Crippen molar-refractivity contribution >= 4 is 5.97 Å². The maximum absolute atomic E-state index is 11.6. The third-order valence-electron chi connectivity index (χ3n) is 3.66. The molecule has 0 saturated carbocycles. The van der Waals surface area contributed by atoms with Crippen molar-refractivity contribution in [3.05, 3.63) is 35.4 Å². The zero-order chi connectivity index (χ0) is 13.7. The average Bonchev–Trinajstić information content (AvgIpc) is 2.42. The van der Waals surface area contributed by atoms with E-state index in [4.69, 9.17) is 4.74 Å². The highest BCUT2D eigenvalue weighted by molar-refractivity contribution is 5.76. The van der Waals surface area contributed by atoms with Crippen LogP contribution in [0.5, 0.6) is 0 Å². The van der Waals surface area contributed by atoms with Crippen LogP contribution in [0.2, 0.25) is 0 Å². The van der Waals surface area contributed by atoms with E-state index in [2.05, 4.69) is 4.90 Å². The molecule has 1 unspecified atom stereocenters. The van der Waals surface area contributed by atoms with E-state index in [0.29, 0.717) is 0 Å². The van der Waals surface area contributed by atoms with Gasteiger partial charge in [-0.2, -0.15) is 0 Å². The Bertz CT molecular complexity index is 433. The van der Waals surface area contributed by atoms with Crippen LogP contribution in [0.15, 0.2) is 24.3 Å². The smallest absolute Gasteiger partial charge is 0.325 e. The summed E-state index contributed by atoms with van der Waals surface area (Å²) >= 11 is 0. The van der Waals surface area contributed by atoms with Gasteiger partial charge in [0.2, 0.25) is 0 Å². The number of fused-ring (bicyclic) bond motifs is 1. The first-order chi connectivity index (χ1) is 9.24. The van der Waals surface area contributed by atoms with Crippen molar-refractivity contribution in [2.45, 2.75) is 25.3 Å². The van der Waals surface area contributed by atoms with Crippen molar-refractivity contribution in [3.8, 4) is 0 Å². The van der Waals surface area contributed by atoms with Crippen molar-refractivity contribution in [3.63, 3.8) is 0 Å². The second-order valence-electron chi connectivity index (χ2n) is 4.93. The van der Waals surface area contributed by atoms with Crippen LogP contribution >= 0.6 is 0 Å². The molecule has 4 nitrogen and oxygen atoms in total. The molecule has 1 aliphatic heterocycles. The number of unbranched alkanes of at least 4 members (excludes halogenated alkanes) is 1. The zero-order valence-corrected chi connectivity index (χ0v) is 11.3. The zero-order valence-electron chi connectivity index (χ0n) is 11.3. The predicted molar refractivity (Wildman–Crippen MR) is 73.2 cm³/mol. The summed E-state index contributed by atoms with van der Waals surface area (Å²) < 4.78 is 5.03. The van der Waals surface area contributed by atoms with Gasteiger partial charge in [0, 0.05) is 20.3 Å². The minimum Gasteiger partial charge on any atom is -0.480 e. The Morgan fingerprint density at radius 2 is 2.21 bits per heavy atom. The van der Waals surface area contributed by atoms with Crippen LogP contribution in [-0.4, -0.2) is 42.8 Å². The fraction of sp³-hybridized carbons (Fsp3) is 0.533. The van der Waals surface area contributed by atoms with Crippen molar-refractivity contribution in [2.75, 3.05) is 26.8 Å². The van der Waals surface area contributed by atoms with Gasteiger partial charge in [-0.05, 0) is 36.9 Å². The van der Waals surface area contributed by atoms with Crippen LogP contribution < -0.4 is 0 Å². The molecule has 1 heterocycles. The van der Waals surface area contributed by atoms with Crippen molar-refractivity contribution in [2.24, 2.45) is 0 Å². The Labute approximate surface area is 114 Å². The maximum Gasteiger partial charge on any atom is 0.325 e. The maximum atomic E-state index is 11.6. The molecule has 1 aliphatic rings. The fourth-order valence-corrected chi connectivity index (χ4v) is 2.71. The Kier molecular flexibility index (Phi) is 4.93. The van der Waals surface area contributed by atoms with E-state index in [-0.39, 0.29) is 0 Å². The molecule has 104 valence electrons. The van der Waals surface area contributed by atoms with Gasteiger partial charge in [0.25, 0.3) is 0 Å². The largest absolute Gasteiger partial charge is 0.480 e. The van der Waals surface area contributed by atoms with Crippen molar-refractivity contribution < 1.29 is 14.6 Å². The van der Waals surface area contributed by atoms with Gasteiger partial charge in [0.05, 0.1) is 0 Å². The Balaban J connectivity index is 2.07. The van der Waals surface area contributed by atoms with Gasteiger partial charge in [-0.25, -0.2) is 0 Å². The molecule has 0 radical (unpaired) electrons. The number of carboxylic acids is 1. The van der Waals surface area contributed by atoms with Gasteiger partial charge in [-0.15, -0.1) is 0 Å². The normalized spacial score (nSPS) is 19.1. The van der Waals surface area contributed by atoms with E-state index < -0.39 is 12.0 Å². The molecule has 1 aromatic rings. The Morgan fingerprint density at radius 3 is 2.95 bits per heavy atom. The minimum atomic E-state index is -0.751. The second-order valence-corrected chi connectivity index (χ2v) is 4.93. The van der Waals surface area contributed by atoms with Gasteiger partial charge < -0.3 is 9.84 Å². The van der Waals surface area contributed by atoms with E-state index in [0.717, 1.165) is 44.5 Å². The van der Waals surface area contributed by atoms with Gasteiger partial charge in [-0.1, -0.05) is 24.3 Å².